The second-order valence-electron chi connectivity index (χ2n) is 4.49. The van der Waals surface area contributed by atoms with Gasteiger partial charge in [0.05, 0.1) is 0 Å². The zero-order valence-corrected chi connectivity index (χ0v) is 10.8. The average molecular weight is 218 g/mol. The summed E-state index contributed by atoms with van der Waals surface area (Å²) in [6.45, 7) is 3.10. The number of rotatable bonds is 7. The van der Waals surface area contributed by atoms with Gasteiger partial charge in [-0.15, -0.1) is 0 Å². The summed E-state index contributed by atoms with van der Waals surface area (Å²) in [5.41, 5.74) is 0. The van der Waals surface area contributed by atoms with E-state index in [1.807, 2.05) is 0 Å². The molecule has 0 spiro atoms. The van der Waals surface area contributed by atoms with Gasteiger partial charge in [0.1, 0.15) is 0 Å². The molecule has 0 aliphatic carbocycles. The molecule has 1 fully saturated rings. The molecule has 3 heteroatoms. The van der Waals surface area contributed by atoms with Crippen LogP contribution in [0.25, 0.3) is 0 Å². The monoisotopic (exact) mass is 218 g/mol. The summed E-state index contributed by atoms with van der Waals surface area (Å²) in [6.07, 6.45) is 10.9. The molecule has 0 radical (unpaired) electrons. The van der Waals surface area contributed by atoms with E-state index in [1.54, 1.807) is 0 Å². The first-order valence-corrected chi connectivity index (χ1v) is 6.76. The molecule has 16 heavy (non-hydrogen) atoms. The van der Waals surface area contributed by atoms with E-state index in [2.05, 4.69) is 35.5 Å². The number of ether oxygens (including phenoxy) is 2. The Kier molecular flexibility index (Phi) is 8.33. The Morgan fingerprint density at radius 1 is 1.44 bits per heavy atom. The number of hydrogen-bond acceptors (Lipinski definition) is 2. The molecule has 0 bridgehead atoms. The predicted octanol–water partition coefficient (Wildman–Crippen LogP) is 3.16. The van der Waals surface area contributed by atoms with Crippen LogP contribution in [0.5, 0.6) is 0 Å². The van der Waals surface area contributed by atoms with Crippen LogP contribution in [0.2, 0.25) is 0 Å². The van der Waals surface area contributed by atoms with E-state index in [4.69, 9.17) is 9.47 Å². The van der Waals surface area contributed by atoms with Gasteiger partial charge in [0.15, 0.2) is 0 Å². The standard InChI is InChI=1S/C13H23O2.Li/c1-3-5-6-9-12(4-2)15-13-10-7-8-11-14-13;/h2,4,12-13H,3,5-11H2,1H3;. The van der Waals surface area contributed by atoms with Crippen molar-refractivity contribution in [2.75, 3.05) is 6.61 Å². The van der Waals surface area contributed by atoms with Crippen LogP contribution >= 0.6 is 0 Å². The van der Waals surface area contributed by atoms with Crippen LogP contribution < -0.4 is 0 Å². The summed E-state index contributed by atoms with van der Waals surface area (Å²) < 4.78 is 13.7. The quantitative estimate of drug-likeness (QED) is 0.482. The van der Waals surface area contributed by atoms with Crippen molar-refractivity contribution in [1.82, 2.24) is 0 Å². The van der Waals surface area contributed by atoms with Crippen molar-refractivity contribution in [2.45, 2.75) is 64.3 Å². The normalized spacial score (nSPS) is 23.8. The van der Waals surface area contributed by atoms with Gasteiger partial charge >= 0.3 is 109 Å². The molecule has 2 unspecified atom stereocenters. The van der Waals surface area contributed by atoms with Crippen molar-refractivity contribution in [3.05, 3.63) is 10.8 Å². The van der Waals surface area contributed by atoms with Crippen LogP contribution in [0, 0.1) is 0 Å². The molecule has 0 aromatic carbocycles. The van der Waals surface area contributed by atoms with Gasteiger partial charge in [-0.05, 0) is 0 Å². The first kappa shape index (κ1) is 14.3. The zero-order valence-electron chi connectivity index (χ0n) is 10.8. The molecule has 0 aromatic rings. The van der Waals surface area contributed by atoms with Gasteiger partial charge in [0.2, 0.25) is 0 Å². The maximum absolute atomic E-state index is 5.97. The van der Waals surface area contributed by atoms with Crippen molar-refractivity contribution in [1.29, 1.82) is 0 Å². The minimum atomic E-state index is 0.0385. The molecule has 0 saturated carbocycles. The van der Waals surface area contributed by atoms with Crippen LogP contribution in [-0.2, 0) is 9.47 Å². The third-order valence-electron chi connectivity index (χ3n) is 2.96. The first-order chi connectivity index (χ1) is 7.86. The minimum absolute atomic E-state index is 0.0385. The second-order valence-corrected chi connectivity index (χ2v) is 4.49. The molecule has 1 rings (SSSR count). The fourth-order valence-electron chi connectivity index (χ4n) is 2.03. The Hall–Kier alpha value is 0.257. The third-order valence-corrected chi connectivity index (χ3v) is 2.96. The Bertz CT molecular complexity index is 188. The topological polar surface area (TPSA) is 18.5 Å². The molecular weight excluding hydrogens is 195 g/mol. The Morgan fingerprint density at radius 2 is 2.31 bits per heavy atom. The van der Waals surface area contributed by atoms with Gasteiger partial charge in [0, 0.05) is 0 Å². The van der Waals surface area contributed by atoms with Crippen LogP contribution in [0.1, 0.15) is 51.9 Å². The van der Waals surface area contributed by atoms with E-state index >= 15 is 0 Å². The van der Waals surface area contributed by atoms with Crippen molar-refractivity contribution in [3.63, 3.8) is 0 Å². The summed E-state index contributed by atoms with van der Waals surface area (Å²) in [5.74, 6) is 0. The molecule has 2 atom stereocenters. The van der Waals surface area contributed by atoms with Gasteiger partial charge in [0.25, 0.3) is 0 Å². The van der Waals surface area contributed by atoms with Crippen molar-refractivity contribution in [3.8, 4) is 0 Å². The summed E-state index contributed by atoms with van der Waals surface area (Å²) in [4.78, 5) is 0. The summed E-state index contributed by atoms with van der Waals surface area (Å²) in [5, 5.41) is 0. The SMILES string of the molecule is [Li]/[CH]=C/C(CCCCC)OC1CCCCO1. The summed E-state index contributed by atoms with van der Waals surface area (Å²) >= 11 is 2.05. The Labute approximate surface area is 109 Å². The Balaban J connectivity index is 2.25. The van der Waals surface area contributed by atoms with E-state index in [0.29, 0.717) is 0 Å². The third kappa shape index (κ3) is 6.11. The van der Waals surface area contributed by atoms with E-state index < -0.39 is 0 Å². The molecule has 1 aliphatic heterocycles. The van der Waals surface area contributed by atoms with Gasteiger partial charge in [-0.2, -0.15) is 0 Å². The van der Waals surface area contributed by atoms with E-state index in [1.165, 1.54) is 32.1 Å². The molecular formula is C13H23LiO2. The van der Waals surface area contributed by atoms with Crippen LogP contribution in [-0.4, -0.2) is 36.7 Å². The van der Waals surface area contributed by atoms with Crippen LogP contribution in [0.15, 0.2) is 10.8 Å². The zero-order chi connectivity index (χ0) is 11.6. The molecule has 1 saturated heterocycles. The van der Waals surface area contributed by atoms with Crippen molar-refractivity contribution < 1.29 is 9.47 Å². The van der Waals surface area contributed by atoms with E-state index in [9.17, 15) is 0 Å². The molecule has 2 nitrogen and oxygen atoms in total. The molecule has 88 valence electrons. The molecule has 0 aromatic heterocycles. The van der Waals surface area contributed by atoms with Gasteiger partial charge in [-0.3, -0.25) is 0 Å². The molecule has 1 heterocycles. The first-order valence-electron chi connectivity index (χ1n) is 6.76. The van der Waals surface area contributed by atoms with Crippen molar-refractivity contribution in [2.24, 2.45) is 0 Å². The fourth-order valence-corrected chi connectivity index (χ4v) is 2.03. The summed E-state index contributed by atoms with van der Waals surface area (Å²) in [6, 6.07) is 0. The van der Waals surface area contributed by atoms with Crippen LogP contribution in [0.3, 0.4) is 0 Å². The van der Waals surface area contributed by atoms with Crippen molar-refractivity contribution >= 4 is 17.7 Å². The van der Waals surface area contributed by atoms with E-state index in [0.717, 1.165) is 19.4 Å². The Morgan fingerprint density at radius 3 is 2.94 bits per heavy atom. The molecule has 0 amide bonds. The fraction of sp³-hybridized carbons (Fsp3) is 0.846. The average Bonchev–Trinajstić information content (AvgIpc) is 2.31. The molecule has 0 N–H and O–H groups in total. The van der Waals surface area contributed by atoms with Crippen LogP contribution in [0.4, 0.5) is 0 Å². The second kappa shape index (κ2) is 9.30. The van der Waals surface area contributed by atoms with E-state index in [-0.39, 0.29) is 12.4 Å². The molecule has 1 aliphatic rings. The number of unbranched alkanes of at least 4 members (excludes halogenated alkanes) is 2. The van der Waals surface area contributed by atoms with Gasteiger partial charge in [-0.1, -0.05) is 0 Å². The predicted molar refractivity (Wildman–Crippen MR) is 67.5 cm³/mol. The maximum atomic E-state index is 5.97. The summed E-state index contributed by atoms with van der Waals surface area (Å²) in [7, 11) is 0. The number of hydrogen-bond donors (Lipinski definition) is 0. The van der Waals surface area contributed by atoms with Gasteiger partial charge < -0.3 is 0 Å². The van der Waals surface area contributed by atoms with Gasteiger partial charge in [-0.25, -0.2) is 0 Å².